The number of hydrogen-bond donors (Lipinski definition) is 2. The molecule has 0 spiro atoms. The van der Waals surface area contributed by atoms with Crippen LogP contribution in [0.25, 0.3) is 0 Å². The number of urea groups is 1. The molecule has 178 valence electrons. The van der Waals surface area contributed by atoms with E-state index in [2.05, 4.69) is 21.2 Å². The Hall–Kier alpha value is -2.58. The van der Waals surface area contributed by atoms with Gasteiger partial charge < -0.3 is 24.8 Å². The second-order valence-corrected chi connectivity index (χ2v) is 9.07. The van der Waals surface area contributed by atoms with Gasteiger partial charge in [0.15, 0.2) is 6.10 Å². The van der Waals surface area contributed by atoms with Crippen molar-refractivity contribution < 1.29 is 24.2 Å². The van der Waals surface area contributed by atoms with Crippen molar-refractivity contribution in [3.63, 3.8) is 0 Å². The minimum absolute atomic E-state index is 0.126. The molecule has 0 aromatic heterocycles. The Kier molecular flexibility index (Phi) is 9.57. The fraction of sp³-hybridized carbons (Fsp3) is 0.440. The molecule has 1 fully saturated rings. The first kappa shape index (κ1) is 25.1. The standard InChI is InChI=1S/C25H31BrN2O5/c1-2-32-23(24(29)30)16-18-6-12-22(13-7-18)33-15-14-28(17-19-4-3-5-19)25(31)27-21-10-8-20(26)9-11-21/h6-13,19,23H,2-5,14-17H2,1H3,(H,27,31)(H,29,30). The Morgan fingerprint density at radius 3 is 2.42 bits per heavy atom. The van der Waals surface area contributed by atoms with Crippen LogP contribution in [0.5, 0.6) is 5.75 Å². The molecule has 2 amide bonds. The van der Waals surface area contributed by atoms with E-state index in [1.54, 1.807) is 6.92 Å². The average molecular weight is 519 g/mol. The second kappa shape index (κ2) is 12.6. The van der Waals surface area contributed by atoms with Crippen molar-refractivity contribution >= 4 is 33.6 Å². The van der Waals surface area contributed by atoms with Gasteiger partial charge >= 0.3 is 12.0 Å². The number of ether oxygens (including phenoxy) is 2. The maximum absolute atomic E-state index is 12.9. The zero-order valence-corrected chi connectivity index (χ0v) is 20.4. The summed E-state index contributed by atoms with van der Waals surface area (Å²) in [6.45, 7) is 3.70. The molecule has 1 atom stereocenters. The van der Waals surface area contributed by atoms with Gasteiger partial charge in [0.05, 0.1) is 6.54 Å². The summed E-state index contributed by atoms with van der Waals surface area (Å²) in [6, 6.07) is 14.7. The first-order valence-corrected chi connectivity index (χ1v) is 12.1. The van der Waals surface area contributed by atoms with Crippen LogP contribution < -0.4 is 10.1 Å². The SMILES string of the molecule is CCOC(Cc1ccc(OCCN(CC2CCC2)C(=O)Nc2ccc(Br)cc2)cc1)C(=O)O. The maximum atomic E-state index is 12.9. The number of nitrogens with zero attached hydrogens (tertiary/aromatic N) is 1. The van der Waals surface area contributed by atoms with Crippen LogP contribution >= 0.6 is 15.9 Å². The third kappa shape index (κ3) is 8.05. The number of carboxylic acid groups (broad SMARTS) is 1. The van der Waals surface area contributed by atoms with E-state index >= 15 is 0 Å². The van der Waals surface area contributed by atoms with Crippen LogP contribution in [-0.4, -0.2) is 54.4 Å². The van der Waals surface area contributed by atoms with Crippen LogP contribution in [0.4, 0.5) is 10.5 Å². The van der Waals surface area contributed by atoms with Crippen LogP contribution in [0.15, 0.2) is 53.0 Å². The second-order valence-electron chi connectivity index (χ2n) is 8.16. The highest BCUT2D eigenvalue weighted by Crippen LogP contribution is 2.27. The predicted octanol–water partition coefficient (Wildman–Crippen LogP) is 5.19. The van der Waals surface area contributed by atoms with Gasteiger partial charge in [-0.1, -0.05) is 34.5 Å². The van der Waals surface area contributed by atoms with Crippen molar-refractivity contribution in [1.82, 2.24) is 4.90 Å². The third-order valence-corrected chi connectivity index (χ3v) is 6.23. The van der Waals surface area contributed by atoms with E-state index in [-0.39, 0.29) is 6.03 Å². The topological polar surface area (TPSA) is 88.1 Å². The molecule has 1 aliphatic rings. The fourth-order valence-corrected chi connectivity index (χ4v) is 3.89. The smallest absolute Gasteiger partial charge is 0.333 e. The minimum atomic E-state index is -0.967. The van der Waals surface area contributed by atoms with Crippen molar-refractivity contribution in [2.75, 3.05) is 31.6 Å². The zero-order chi connectivity index (χ0) is 23.6. The van der Waals surface area contributed by atoms with Gasteiger partial charge in [0.25, 0.3) is 0 Å². The number of aliphatic carboxylic acids is 1. The number of carbonyl (C=O) groups excluding carboxylic acids is 1. The van der Waals surface area contributed by atoms with Crippen LogP contribution in [0, 0.1) is 5.92 Å². The van der Waals surface area contributed by atoms with E-state index in [0.717, 1.165) is 35.1 Å². The van der Waals surface area contributed by atoms with E-state index in [4.69, 9.17) is 9.47 Å². The number of anilines is 1. The van der Waals surface area contributed by atoms with Gasteiger partial charge in [-0.25, -0.2) is 9.59 Å². The summed E-state index contributed by atoms with van der Waals surface area (Å²) in [5.41, 5.74) is 1.62. The van der Waals surface area contributed by atoms with Gasteiger partial charge in [-0.2, -0.15) is 0 Å². The highest BCUT2D eigenvalue weighted by molar-refractivity contribution is 9.10. The van der Waals surface area contributed by atoms with Gasteiger partial charge in [0.2, 0.25) is 0 Å². The van der Waals surface area contributed by atoms with E-state index in [0.29, 0.717) is 37.8 Å². The number of benzene rings is 2. The molecule has 1 unspecified atom stereocenters. The zero-order valence-electron chi connectivity index (χ0n) is 18.8. The van der Waals surface area contributed by atoms with Gasteiger partial charge in [0.1, 0.15) is 12.4 Å². The van der Waals surface area contributed by atoms with Gasteiger partial charge in [-0.15, -0.1) is 0 Å². The number of amides is 2. The summed E-state index contributed by atoms with van der Waals surface area (Å²) < 4.78 is 12.1. The average Bonchev–Trinajstić information content (AvgIpc) is 2.77. The number of nitrogens with one attached hydrogen (secondary N) is 1. The molecule has 0 bridgehead atoms. The van der Waals surface area contributed by atoms with Crippen LogP contribution in [0.1, 0.15) is 31.7 Å². The highest BCUT2D eigenvalue weighted by Gasteiger charge is 2.24. The molecule has 2 aromatic carbocycles. The molecule has 0 aliphatic heterocycles. The number of halogens is 1. The Bertz CT molecular complexity index is 900. The largest absolute Gasteiger partial charge is 0.492 e. The lowest BCUT2D eigenvalue weighted by Gasteiger charge is -2.32. The summed E-state index contributed by atoms with van der Waals surface area (Å²) in [7, 11) is 0. The Morgan fingerprint density at radius 2 is 1.85 bits per heavy atom. The predicted molar refractivity (Wildman–Crippen MR) is 131 cm³/mol. The molecule has 0 heterocycles. The lowest BCUT2D eigenvalue weighted by atomic mass is 9.85. The summed E-state index contributed by atoms with van der Waals surface area (Å²) in [4.78, 5) is 25.9. The molecular formula is C25H31BrN2O5. The lowest BCUT2D eigenvalue weighted by Crippen LogP contribution is -2.42. The number of rotatable bonds is 12. The van der Waals surface area contributed by atoms with Crippen LogP contribution in [0.2, 0.25) is 0 Å². The van der Waals surface area contributed by atoms with Gasteiger partial charge in [0, 0.05) is 29.7 Å². The molecule has 7 nitrogen and oxygen atoms in total. The molecule has 1 aliphatic carbocycles. The number of carbonyl (C=O) groups is 2. The first-order valence-electron chi connectivity index (χ1n) is 11.3. The maximum Gasteiger partial charge on any atom is 0.333 e. The Balaban J connectivity index is 1.51. The molecular weight excluding hydrogens is 488 g/mol. The van der Waals surface area contributed by atoms with E-state index in [1.807, 2.05) is 53.4 Å². The summed E-state index contributed by atoms with van der Waals surface area (Å²) in [5, 5.41) is 12.2. The Morgan fingerprint density at radius 1 is 1.15 bits per heavy atom. The molecule has 33 heavy (non-hydrogen) atoms. The molecule has 3 rings (SSSR count). The van der Waals surface area contributed by atoms with E-state index in [9.17, 15) is 14.7 Å². The first-order chi connectivity index (χ1) is 15.9. The summed E-state index contributed by atoms with van der Waals surface area (Å²) >= 11 is 3.40. The van der Waals surface area contributed by atoms with Crippen molar-refractivity contribution in [2.45, 2.75) is 38.7 Å². The summed E-state index contributed by atoms with van der Waals surface area (Å²) in [5.74, 6) is 0.261. The number of carboxylic acids is 1. The lowest BCUT2D eigenvalue weighted by molar-refractivity contribution is -0.149. The van der Waals surface area contributed by atoms with Crippen molar-refractivity contribution in [3.8, 4) is 5.75 Å². The van der Waals surface area contributed by atoms with E-state index in [1.165, 1.54) is 6.42 Å². The number of hydrogen-bond acceptors (Lipinski definition) is 4. The van der Waals surface area contributed by atoms with Gasteiger partial charge in [-0.05, 0) is 67.6 Å². The molecule has 8 heteroatoms. The summed E-state index contributed by atoms with van der Waals surface area (Å²) in [6.07, 6.45) is 2.98. The van der Waals surface area contributed by atoms with Crippen molar-refractivity contribution in [3.05, 3.63) is 58.6 Å². The molecule has 2 aromatic rings. The molecule has 0 radical (unpaired) electrons. The Labute approximate surface area is 203 Å². The van der Waals surface area contributed by atoms with Crippen molar-refractivity contribution in [2.24, 2.45) is 5.92 Å². The minimum Gasteiger partial charge on any atom is -0.492 e. The fourth-order valence-electron chi connectivity index (χ4n) is 3.63. The molecule has 2 N–H and O–H groups in total. The normalized spacial score (nSPS) is 14.2. The molecule has 0 saturated heterocycles. The monoisotopic (exact) mass is 518 g/mol. The van der Waals surface area contributed by atoms with Crippen LogP contribution in [-0.2, 0) is 16.0 Å². The van der Waals surface area contributed by atoms with E-state index < -0.39 is 12.1 Å². The highest BCUT2D eigenvalue weighted by atomic mass is 79.9. The van der Waals surface area contributed by atoms with Gasteiger partial charge in [-0.3, -0.25) is 0 Å². The third-order valence-electron chi connectivity index (χ3n) is 5.70. The van der Waals surface area contributed by atoms with Crippen molar-refractivity contribution in [1.29, 1.82) is 0 Å². The quantitative estimate of drug-likeness (QED) is 0.403. The van der Waals surface area contributed by atoms with Crippen LogP contribution in [0.3, 0.4) is 0 Å². The molecule has 1 saturated carbocycles.